The molecule has 84 valence electrons. The molecule has 0 amide bonds. The summed E-state index contributed by atoms with van der Waals surface area (Å²) in [5.74, 6) is -0.340. The van der Waals surface area contributed by atoms with Crippen molar-refractivity contribution in [2.75, 3.05) is 7.11 Å². The number of methoxy groups -OCH3 is 1. The van der Waals surface area contributed by atoms with Gasteiger partial charge in [-0.3, -0.25) is 4.79 Å². The van der Waals surface area contributed by atoms with Crippen LogP contribution in [0.3, 0.4) is 0 Å². The summed E-state index contributed by atoms with van der Waals surface area (Å²) in [5.41, 5.74) is 1.88. The van der Waals surface area contributed by atoms with Crippen molar-refractivity contribution >= 4 is 5.97 Å². The molecule has 0 atom stereocenters. The second-order valence-electron chi connectivity index (χ2n) is 3.36. The summed E-state index contributed by atoms with van der Waals surface area (Å²) in [7, 11) is 1.51. The number of rotatable bonds is 4. The first-order chi connectivity index (χ1) is 7.62. The molecule has 4 heteroatoms. The van der Waals surface area contributed by atoms with Crippen molar-refractivity contribution in [3.8, 4) is 11.8 Å². The van der Waals surface area contributed by atoms with Gasteiger partial charge < -0.3 is 9.84 Å². The number of hydrogen-bond acceptors (Lipinski definition) is 3. The van der Waals surface area contributed by atoms with Gasteiger partial charge in [-0.25, -0.2) is 0 Å². The van der Waals surface area contributed by atoms with Gasteiger partial charge in [0.1, 0.15) is 5.75 Å². The Morgan fingerprint density at radius 1 is 1.56 bits per heavy atom. The minimum atomic E-state index is -0.921. The van der Waals surface area contributed by atoms with Crippen LogP contribution in [0.15, 0.2) is 12.1 Å². The van der Waals surface area contributed by atoms with Gasteiger partial charge in [0.2, 0.25) is 0 Å². The van der Waals surface area contributed by atoms with Crippen LogP contribution >= 0.6 is 0 Å². The predicted octanol–water partition coefficient (Wildman–Crippen LogP) is 1.76. The maximum absolute atomic E-state index is 10.6. The summed E-state index contributed by atoms with van der Waals surface area (Å²) in [6.45, 7) is 1.93. The fourth-order valence-electron chi connectivity index (χ4n) is 1.63. The van der Waals surface area contributed by atoms with E-state index in [1.165, 1.54) is 7.11 Å². The maximum Gasteiger partial charge on any atom is 0.307 e. The normalized spacial score (nSPS) is 9.56. The molecule has 0 heterocycles. The van der Waals surface area contributed by atoms with E-state index in [2.05, 4.69) is 6.07 Å². The smallest absolute Gasteiger partial charge is 0.307 e. The molecule has 1 aromatic rings. The number of carboxylic acids is 1. The zero-order valence-corrected chi connectivity index (χ0v) is 9.28. The standard InChI is InChI=1S/C12H13NO3/c1-3-10-9(7-13)4-8(6-12(14)15)5-11(10)16-2/h4-5H,3,6H2,1-2H3,(H,14,15). The maximum atomic E-state index is 10.6. The van der Waals surface area contributed by atoms with Gasteiger partial charge in [-0.05, 0) is 24.1 Å². The van der Waals surface area contributed by atoms with Gasteiger partial charge in [0.15, 0.2) is 0 Å². The van der Waals surface area contributed by atoms with Crippen LogP contribution in [0, 0.1) is 11.3 Å². The van der Waals surface area contributed by atoms with E-state index in [0.717, 1.165) is 5.56 Å². The largest absolute Gasteiger partial charge is 0.496 e. The molecule has 0 aromatic heterocycles. The lowest BCUT2D eigenvalue weighted by atomic mass is 10.00. The van der Waals surface area contributed by atoms with Crippen molar-refractivity contribution in [2.24, 2.45) is 0 Å². The fraction of sp³-hybridized carbons (Fsp3) is 0.333. The minimum Gasteiger partial charge on any atom is -0.496 e. The molecule has 0 spiro atoms. The number of nitrogens with zero attached hydrogens (tertiary/aromatic N) is 1. The van der Waals surface area contributed by atoms with Crippen molar-refractivity contribution in [1.29, 1.82) is 5.26 Å². The molecule has 16 heavy (non-hydrogen) atoms. The zero-order valence-electron chi connectivity index (χ0n) is 9.28. The summed E-state index contributed by atoms with van der Waals surface area (Å²) in [4.78, 5) is 10.6. The summed E-state index contributed by atoms with van der Waals surface area (Å²) in [6, 6.07) is 5.34. The van der Waals surface area contributed by atoms with E-state index in [0.29, 0.717) is 23.3 Å². The monoisotopic (exact) mass is 219 g/mol. The molecule has 1 aromatic carbocycles. The summed E-state index contributed by atoms with van der Waals surface area (Å²) in [5, 5.41) is 17.7. The van der Waals surface area contributed by atoms with Gasteiger partial charge in [0.05, 0.1) is 25.2 Å². The van der Waals surface area contributed by atoms with Crippen LogP contribution in [-0.2, 0) is 17.6 Å². The number of nitriles is 1. The molecular weight excluding hydrogens is 206 g/mol. The van der Waals surface area contributed by atoms with Gasteiger partial charge in [-0.15, -0.1) is 0 Å². The molecule has 0 saturated heterocycles. The molecule has 1 rings (SSSR count). The van der Waals surface area contributed by atoms with Crippen LogP contribution in [0.25, 0.3) is 0 Å². The third-order valence-electron chi connectivity index (χ3n) is 2.32. The summed E-state index contributed by atoms with van der Waals surface area (Å²) in [6.07, 6.45) is 0.578. The Kier molecular flexibility index (Phi) is 3.90. The number of benzene rings is 1. The molecule has 0 unspecified atom stereocenters. The molecule has 1 N–H and O–H groups in total. The molecular formula is C12H13NO3. The van der Waals surface area contributed by atoms with Gasteiger partial charge >= 0.3 is 5.97 Å². The number of aliphatic carboxylic acids is 1. The van der Waals surface area contributed by atoms with Gasteiger partial charge in [0, 0.05) is 5.56 Å². The van der Waals surface area contributed by atoms with E-state index in [-0.39, 0.29) is 6.42 Å². The van der Waals surface area contributed by atoms with Crippen molar-refractivity contribution in [2.45, 2.75) is 19.8 Å². The topological polar surface area (TPSA) is 70.3 Å². The van der Waals surface area contributed by atoms with E-state index in [1.54, 1.807) is 12.1 Å². The molecule has 4 nitrogen and oxygen atoms in total. The summed E-state index contributed by atoms with van der Waals surface area (Å²) >= 11 is 0. The Morgan fingerprint density at radius 3 is 2.69 bits per heavy atom. The van der Waals surface area contributed by atoms with Crippen LogP contribution in [0.1, 0.15) is 23.6 Å². The van der Waals surface area contributed by atoms with E-state index in [1.807, 2.05) is 6.92 Å². The molecule has 0 saturated carbocycles. The quantitative estimate of drug-likeness (QED) is 0.837. The van der Waals surface area contributed by atoms with E-state index in [9.17, 15) is 4.79 Å². The molecule has 0 fully saturated rings. The second-order valence-corrected chi connectivity index (χ2v) is 3.36. The molecule has 0 aliphatic rings. The highest BCUT2D eigenvalue weighted by atomic mass is 16.5. The molecule has 0 aliphatic heterocycles. The average Bonchev–Trinajstić information content (AvgIpc) is 2.26. The van der Waals surface area contributed by atoms with Crippen LogP contribution in [0.2, 0.25) is 0 Å². The van der Waals surface area contributed by atoms with E-state index >= 15 is 0 Å². The third kappa shape index (κ3) is 2.51. The van der Waals surface area contributed by atoms with Gasteiger partial charge in [-0.1, -0.05) is 6.92 Å². The Morgan fingerprint density at radius 2 is 2.25 bits per heavy atom. The van der Waals surface area contributed by atoms with Crippen molar-refractivity contribution in [1.82, 2.24) is 0 Å². The minimum absolute atomic E-state index is 0.102. The Labute approximate surface area is 94.1 Å². The van der Waals surface area contributed by atoms with Crippen molar-refractivity contribution in [3.63, 3.8) is 0 Å². The highest BCUT2D eigenvalue weighted by Gasteiger charge is 2.11. The molecule has 0 aliphatic carbocycles. The van der Waals surface area contributed by atoms with Crippen molar-refractivity contribution in [3.05, 3.63) is 28.8 Å². The van der Waals surface area contributed by atoms with Gasteiger partial charge in [0.25, 0.3) is 0 Å². The number of carboxylic acid groups (broad SMARTS) is 1. The number of ether oxygens (including phenoxy) is 1. The number of hydrogen-bond donors (Lipinski definition) is 1. The van der Waals surface area contributed by atoms with Gasteiger partial charge in [-0.2, -0.15) is 5.26 Å². The van der Waals surface area contributed by atoms with Crippen LogP contribution < -0.4 is 4.74 Å². The van der Waals surface area contributed by atoms with Crippen molar-refractivity contribution < 1.29 is 14.6 Å². The predicted molar refractivity (Wildman–Crippen MR) is 58.4 cm³/mol. The first-order valence-electron chi connectivity index (χ1n) is 4.94. The number of carbonyl (C=O) groups is 1. The highest BCUT2D eigenvalue weighted by molar-refractivity contribution is 5.71. The lowest BCUT2D eigenvalue weighted by molar-refractivity contribution is -0.136. The Balaban J connectivity index is 3.27. The second kappa shape index (κ2) is 5.17. The third-order valence-corrected chi connectivity index (χ3v) is 2.32. The summed E-state index contributed by atoms with van der Waals surface area (Å²) < 4.78 is 5.16. The van der Waals surface area contributed by atoms with E-state index < -0.39 is 5.97 Å². The molecule has 0 radical (unpaired) electrons. The lowest BCUT2D eigenvalue weighted by Gasteiger charge is -2.10. The highest BCUT2D eigenvalue weighted by Crippen LogP contribution is 2.25. The van der Waals surface area contributed by atoms with E-state index in [4.69, 9.17) is 15.1 Å². The fourth-order valence-corrected chi connectivity index (χ4v) is 1.63. The molecule has 0 bridgehead atoms. The Bertz CT molecular complexity index is 446. The Hall–Kier alpha value is -2.02. The first-order valence-corrected chi connectivity index (χ1v) is 4.94. The van der Waals surface area contributed by atoms with Crippen LogP contribution in [0.4, 0.5) is 0 Å². The SMILES string of the molecule is CCc1c(C#N)cc(CC(=O)O)cc1OC. The van der Waals surface area contributed by atoms with Crippen LogP contribution in [0.5, 0.6) is 5.75 Å². The first kappa shape index (κ1) is 12.1. The zero-order chi connectivity index (χ0) is 12.1. The average molecular weight is 219 g/mol. The lowest BCUT2D eigenvalue weighted by Crippen LogP contribution is -2.03. The van der Waals surface area contributed by atoms with Crippen LogP contribution in [-0.4, -0.2) is 18.2 Å².